The lowest BCUT2D eigenvalue weighted by Crippen LogP contribution is -2.27. The molecule has 0 unspecified atom stereocenters. The SMILES string of the molecule is Cn1ccc(-c2cc(NC(=O)OC(C)(C)C)ccc2C2CCC2)n1. The highest BCUT2D eigenvalue weighted by Gasteiger charge is 2.24. The van der Waals surface area contributed by atoms with Crippen LogP contribution in [0.3, 0.4) is 0 Å². The highest BCUT2D eigenvalue weighted by atomic mass is 16.6. The lowest BCUT2D eigenvalue weighted by atomic mass is 9.77. The number of nitrogens with zero attached hydrogens (tertiary/aromatic N) is 2. The highest BCUT2D eigenvalue weighted by Crippen LogP contribution is 2.41. The Balaban J connectivity index is 1.88. The number of aryl methyl sites for hydroxylation is 1. The number of ether oxygens (including phenoxy) is 1. The van der Waals surface area contributed by atoms with Crippen molar-refractivity contribution in [3.8, 4) is 11.3 Å². The second-order valence-corrected chi connectivity index (χ2v) is 7.43. The van der Waals surface area contributed by atoms with E-state index < -0.39 is 11.7 Å². The number of rotatable bonds is 3. The number of carbonyl (C=O) groups is 1. The average Bonchev–Trinajstić information content (AvgIpc) is 2.82. The molecule has 0 bridgehead atoms. The topological polar surface area (TPSA) is 56.2 Å². The molecule has 0 spiro atoms. The summed E-state index contributed by atoms with van der Waals surface area (Å²) in [6.07, 6.45) is 5.22. The average molecular weight is 327 g/mol. The number of nitrogens with one attached hydrogen (secondary N) is 1. The predicted octanol–water partition coefficient (Wildman–Crippen LogP) is 4.70. The van der Waals surface area contributed by atoms with Gasteiger partial charge in [0.05, 0.1) is 5.69 Å². The van der Waals surface area contributed by atoms with E-state index >= 15 is 0 Å². The fraction of sp³-hybridized carbons (Fsp3) is 0.474. The predicted molar refractivity (Wildman–Crippen MR) is 95.1 cm³/mol. The largest absolute Gasteiger partial charge is 0.444 e. The number of hydrogen-bond donors (Lipinski definition) is 1. The first-order valence-electron chi connectivity index (χ1n) is 8.46. The maximum Gasteiger partial charge on any atom is 0.412 e. The van der Waals surface area contributed by atoms with Gasteiger partial charge in [-0.05, 0) is 63.3 Å². The van der Waals surface area contributed by atoms with Gasteiger partial charge in [0.25, 0.3) is 0 Å². The van der Waals surface area contributed by atoms with E-state index in [9.17, 15) is 4.79 Å². The molecule has 1 aliphatic rings. The van der Waals surface area contributed by atoms with Crippen molar-refractivity contribution in [1.29, 1.82) is 0 Å². The number of carbonyl (C=O) groups excluding carboxylic acids is 1. The molecule has 24 heavy (non-hydrogen) atoms. The van der Waals surface area contributed by atoms with Crippen LogP contribution in [0.1, 0.15) is 51.5 Å². The summed E-state index contributed by atoms with van der Waals surface area (Å²) in [5.74, 6) is 0.595. The van der Waals surface area contributed by atoms with Crippen LogP contribution in [0.25, 0.3) is 11.3 Å². The summed E-state index contributed by atoms with van der Waals surface area (Å²) in [6.45, 7) is 5.56. The van der Waals surface area contributed by atoms with Crippen LogP contribution >= 0.6 is 0 Å². The number of anilines is 1. The van der Waals surface area contributed by atoms with E-state index in [1.165, 1.54) is 24.8 Å². The number of hydrogen-bond acceptors (Lipinski definition) is 3. The molecule has 1 heterocycles. The van der Waals surface area contributed by atoms with Gasteiger partial charge in [0.1, 0.15) is 5.60 Å². The molecule has 5 heteroatoms. The molecule has 0 aliphatic heterocycles. The van der Waals surface area contributed by atoms with Gasteiger partial charge in [-0.1, -0.05) is 12.5 Å². The Kier molecular flexibility index (Phi) is 4.35. The van der Waals surface area contributed by atoms with Crippen molar-refractivity contribution in [2.45, 2.75) is 51.6 Å². The molecule has 1 amide bonds. The summed E-state index contributed by atoms with van der Waals surface area (Å²) >= 11 is 0. The zero-order valence-corrected chi connectivity index (χ0v) is 14.8. The van der Waals surface area contributed by atoms with E-state index in [0.29, 0.717) is 5.92 Å². The summed E-state index contributed by atoms with van der Waals surface area (Å²) in [7, 11) is 1.91. The second-order valence-electron chi connectivity index (χ2n) is 7.43. The van der Waals surface area contributed by atoms with E-state index in [0.717, 1.165) is 16.9 Å². The summed E-state index contributed by atoms with van der Waals surface area (Å²) < 4.78 is 7.13. The Hall–Kier alpha value is -2.30. The molecule has 0 saturated heterocycles. The molecule has 1 aromatic heterocycles. The van der Waals surface area contributed by atoms with Gasteiger partial charge in [-0.3, -0.25) is 10.00 Å². The minimum absolute atomic E-state index is 0.439. The summed E-state index contributed by atoms with van der Waals surface area (Å²) in [4.78, 5) is 12.0. The van der Waals surface area contributed by atoms with Gasteiger partial charge in [-0.2, -0.15) is 5.10 Å². The zero-order chi connectivity index (χ0) is 17.3. The molecular weight excluding hydrogens is 302 g/mol. The summed E-state index contributed by atoms with van der Waals surface area (Å²) in [6, 6.07) is 8.07. The maximum atomic E-state index is 12.0. The van der Waals surface area contributed by atoms with Crippen LogP contribution in [0.5, 0.6) is 0 Å². The molecule has 0 atom stereocenters. The lowest BCUT2D eigenvalue weighted by Gasteiger charge is -2.28. The fourth-order valence-electron chi connectivity index (χ4n) is 2.91. The van der Waals surface area contributed by atoms with Crippen molar-refractivity contribution in [2.24, 2.45) is 7.05 Å². The lowest BCUT2D eigenvalue weighted by molar-refractivity contribution is 0.0636. The van der Waals surface area contributed by atoms with Crippen molar-refractivity contribution >= 4 is 11.8 Å². The molecule has 128 valence electrons. The monoisotopic (exact) mass is 327 g/mol. The standard InChI is InChI=1S/C19H25N3O2/c1-19(2,3)24-18(23)20-14-8-9-15(13-6-5-7-13)16(12-14)17-10-11-22(4)21-17/h8-13H,5-7H2,1-4H3,(H,20,23). The van der Waals surface area contributed by atoms with E-state index in [1.807, 2.05) is 52.2 Å². The van der Waals surface area contributed by atoms with Crippen molar-refractivity contribution < 1.29 is 9.53 Å². The van der Waals surface area contributed by atoms with E-state index in [2.05, 4.69) is 16.5 Å². The molecule has 2 aromatic rings. The van der Waals surface area contributed by atoms with Gasteiger partial charge in [-0.15, -0.1) is 0 Å². The second kappa shape index (κ2) is 6.30. The summed E-state index contributed by atoms with van der Waals surface area (Å²) in [5, 5.41) is 7.36. The van der Waals surface area contributed by atoms with Crippen LogP contribution in [0.2, 0.25) is 0 Å². The van der Waals surface area contributed by atoms with E-state index in [4.69, 9.17) is 4.74 Å². The van der Waals surface area contributed by atoms with Crippen molar-refractivity contribution in [2.75, 3.05) is 5.32 Å². The molecule has 1 aliphatic carbocycles. The van der Waals surface area contributed by atoms with Gasteiger partial charge >= 0.3 is 6.09 Å². The molecule has 3 rings (SSSR count). The smallest absolute Gasteiger partial charge is 0.412 e. The van der Waals surface area contributed by atoms with Gasteiger partial charge in [0, 0.05) is 24.5 Å². The third-order valence-electron chi connectivity index (χ3n) is 4.23. The Morgan fingerprint density at radius 3 is 2.58 bits per heavy atom. The Morgan fingerprint density at radius 2 is 2.04 bits per heavy atom. The molecule has 1 aromatic carbocycles. The first-order valence-corrected chi connectivity index (χ1v) is 8.46. The van der Waals surface area contributed by atoms with E-state index in [1.54, 1.807) is 4.68 Å². The molecule has 1 fully saturated rings. The van der Waals surface area contributed by atoms with Gasteiger partial charge in [0.15, 0.2) is 0 Å². The quantitative estimate of drug-likeness (QED) is 0.889. The minimum atomic E-state index is -0.514. The Labute approximate surface area is 143 Å². The van der Waals surface area contributed by atoms with E-state index in [-0.39, 0.29) is 0 Å². The van der Waals surface area contributed by atoms with Crippen LogP contribution in [-0.4, -0.2) is 21.5 Å². The van der Waals surface area contributed by atoms with Crippen molar-refractivity contribution in [3.63, 3.8) is 0 Å². The van der Waals surface area contributed by atoms with Crippen LogP contribution in [0, 0.1) is 0 Å². The van der Waals surface area contributed by atoms with Crippen LogP contribution in [0.4, 0.5) is 10.5 Å². The number of amides is 1. The van der Waals surface area contributed by atoms with Crippen molar-refractivity contribution in [3.05, 3.63) is 36.0 Å². The minimum Gasteiger partial charge on any atom is -0.444 e. The Bertz CT molecular complexity index is 739. The highest BCUT2D eigenvalue weighted by molar-refractivity contribution is 5.86. The van der Waals surface area contributed by atoms with Crippen LogP contribution in [0.15, 0.2) is 30.5 Å². The van der Waals surface area contributed by atoms with Crippen molar-refractivity contribution in [1.82, 2.24) is 9.78 Å². The summed E-state index contributed by atoms with van der Waals surface area (Å²) in [5.41, 5.74) is 3.56. The van der Waals surface area contributed by atoms with Crippen LogP contribution < -0.4 is 5.32 Å². The van der Waals surface area contributed by atoms with Gasteiger partial charge in [0.2, 0.25) is 0 Å². The molecular formula is C19H25N3O2. The van der Waals surface area contributed by atoms with Crippen LogP contribution in [-0.2, 0) is 11.8 Å². The maximum absolute atomic E-state index is 12.0. The normalized spacial score (nSPS) is 15.0. The zero-order valence-electron chi connectivity index (χ0n) is 14.8. The Morgan fingerprint density at radius 1 is 1.29 bits per heavy atom. The molecule has 0 radical (unpaired) electrons. The third kappa shape index (κ3) is 3.78. The third-order valence-corrected chi connectivity index (χ3v) is 4.23. The fourth-order valence-corrected chi connectivity index (χ4v) is 2.91. The first-order chi connectivity index (χ1) is 11.3. The number of aromatic nitrogens is 2. The molecule has 1 N–H and O–H groups in total. The molecule has 1 saturated carbocycles. The molecule has 5 nitrogen and oxygen atoms in total. The van der Waals surface area contributed by atoms with Gasteiger partial charge < -0.3 is 4.74 Å². The van der Waals surface area contributed by atoms with Gasteiger partial charge in [-0.25, -0.2) is 4.79 Å². The first kappa shape index (κ1) is 16.6. The number of benzene rings is 1.